The summed E-state index contributed by atoms with van der Waals surface area (Å²) in [5.74, 6) is 0. The minimum absolute atomic E-state index is 0.00603. The van der Waals surface area contributed by atoms with E-state index in [-0.39, 0.29) is 21.7 Å². The van der Waals surface area contributed by atoms with Gasteiger partial charge in [-0.15, -0.1) is 0 Å². The van der Waals surface area contributed by atoms with E-state index in [4.69, 9.17) is 0 Å². The van der Waals surface area contributed by atoms with Crippen LogP contribution in [0.4, 0.5) is 0 Å². The van der Waals surface area contributed by atoms with E-state index in [9.17, 15) is 0 Å². The molecule has 0 radical (unpaired) electrons. The third kappa shape index (κ3) is 14.3. The molecule has 23 aromatic rings. The highest BCUT2D eigenvalue weighted by Gasteiger charge is 2.45. The van der Waals surface area contributed by atoms with Crippen molar-refractivity contribution in [3.05, 3.63) is 448 Å². The molecule has 0 unspecified atom stereocenters. The number of rotatable bonds is 0. The van der Waals surface area contributed by atoms with Crippen LogP contribution in [0.3, 0.4) is 0 Å². The van der Waals surface area contributed by atoms with E-state index in [2.05, 4.69) is 483 Å². The SMILES string of the molecule is Cc1c2ccccc2cc2c1cc(C)c1c(C)cccc12.Cc1cc2c3cc(C)c(C)cc3c3cc(C)c(C)cc3c2cc1C.Cc1cc2c3ccccc3c(C)cc2c2ccccc12.Cc1cc2ccc3c(C)cc(C)c4ccc(c1)c2c34.Cc1ccc2c(c1)C(C)(C)c1cc3c(cc1-2)C(C)(C)c1cc(C)c2ccccc2c1-3.Cc1ccc2c(c1)C(C)(C)c1cc3c(cc1-2)C(C)(C)c1cc(C)ccc1-3. The van der Waals surface area contributed by atoms with Gasteiger partial charge < -0.3 is 0 Å². The maximum atomic E-state index is 2.52. The van der Waals surface area contributed by atoms with Crippen LogP contribution < -0.4 is 0 Å². The first kappa shape index (κ1) is 90.8. The van der Waals surface area contributed by atoms with Crippen molar-refractivity contribution in [1.82, 2.24) is 0 Å². The Hall–Kier alpha value is -14.3. The van der Waals surface area contributed by atoms with E-state index in [1.807, 2.05) is 0 Å². The fourth-order valence-electron chi connectivity index (χ4n) is 25.5. The Labute approximate surface area is 828 Å². The third-order valence-electron chi connectivity index (χ3n) is 33.6. The molecule has 0 aromatic heterocycles. The fraction of sp³-hybridized carbons (Fsp3) is 0.214. The lowest BCUT2D eigenvalue weighted by molar-refractivity contribution is 0.651. The monoisotopic (exact) mass is 1810 g/mol. The molecule has 0 aliphatic heterocycles. The Bertz CT molecular complexity index is 8790. The normalized spacial score (nSPS) is 13.9. The molecule has 0 saturated carbocycles. The Morgan fingerprint density at radius 3 is 0.864 bits per heavy atom. The van der Waals surface area contributed by atoms with Crippen molar-refractivity contribution in [3.8, 4) is 44.5 Å². The zero-order valence-electron chi connectivity index (χ0n) is 86.9. The molecule has 23 aromatic carbocycles. The first-order chi connectivity index (χ1) is 66.8. The second-order valence-corrected chi connectivity index (χ2v) is 44.4. The lowest BCUT2D eigenvalue weighted by atomic mass is 9.79. The molecule has 0 amide bonds. The van der Waals surface area contributed by atoms with Gasteiger partial charge in [-0.25, -0.2) is 0 Å². The summed E-state index contributed by atoms with van der Waals surface area (Å²) in [7, 11) is 0. The molecule has 0 heterocycles. The van der Waals surface area contributed by atoms with Gasteiger partial charge in [-0.05, 0) is 467 Å². The van der Waals surface area contributed by atoms with Gasteiger partial charge in [-0.1, -0.05) is 345 Å². The quantitative estimate of drug-likeness (QED) is 0.105. The molecule has 0 saturated heterocycles. The zero-order valence-corrected chi connectivity index (χ0v) is 86.9. The van der Waals surface area contributed by atoms with Crippen LogP contribution >= 0.6 is 0 Å². The smallest absolute Gasteiger partial charge is 0.0159 e. The maximum absolute atomic E-state index is 2.52. The van der Waals surface area contributed by atoms with E-state index in [0.717, 1.165) is 0 Å². The van der Waals surface area contributed by atoms with Crippen LogP contribution in [-0.4, -0.2) is 0 Å². The molecule has 0 heteroatoms. The van der Waals surface area contributed by atoms with Crippen LogP contribution in [0.15, 0.2) is 303 Å². The summed E-state index contributed by atoms with van der Waals surface area (Å²) in [6.45, 7) is 58.9. The van der Waals surface area contributed by atoms with Crippen molar-refractivity contribution in [3.63, 3.8) is 0 Å². The first-order valence-corrected chi connectivity index (χ1v) is 50.7. The van der Waals surface area contributed by atoms with Gasteiger partial charge >= 0.3 is 0 Å². The molecule has 27 rings (SSSR count). The van der Waals surface area contributed by atoms with Crippen molar-refractivity contribution < 1.29 is 0 Å². The van der Waals surface area contributed by atoms with Crippen LogP contribution in [0.5, 0.6) is 0 Å². The second kappa shape index (κ2) is 33.2. The topological polar surface area (TPSA) is 0 Å². The molecule has 0 atom stereocenters. The van der Waals surface area contributed by atoms with Crippen LogP contribution in [0.25, 0.3) is 185 Å². The predicted octanol–water partition coefficient (Wildman–Crippen LogP) is 39.3. The van der Waals surface area contributed by atoms with Crippen molar-refractivity contribution in [1.29, 1.82) is 0 Å². The Morgan fingerprint density at radius 2 is 0.443 bits per heavy atom. The lowest BCUT2D eigenvalue weighted by Gasteiger charge is -2.24. The number of fused-ring (bicyclic) bond motifs is 29. The van der Waals surface area contributed by atoms with Crippen molar-refractivity contribution in [2.45, 2.75) is 202 Å². The van der Waals surface area contributed by atoms with Crippen LogP contribution in [-0.2, 0) is 21.7 Å². The van der Waals surface area contributed by atoms with Crippen LogP contribution in [0, 0.1) is 125 Å². The maximum Gasteiger partial charge on any atom is 0.0159 e. The Balaban J connectivity index is 0.0000000972. The standard InChI is InChI=1S/C30H28.C26H26.C24H24.C21H18.C20H16.C19H16/c1-17-11-12-20-22-15-26-23(16-25(22)29(3,4)24(20)13-17)28-21-10-8-7-9-19(21)18(2)14-27(28)30(26,5)6;1-15-7-9-17-19-13-24-20(14-23(19)25(3,4)21(17)11-15)18-10-8-16(2)12-22(18)26(24,5)6;1-13-7-19-20(8-14(13)2)22-10-16(4)18(6)12-24(22)23-11-17(5)15(3)9-21(19)23;1-13-7-6-10-18-20-12-16-8-4-5-9-17(16)15(3)19(20)11-14(2)21(13)18;1-13-11-19-18-10-6-4-8-16(18)14(2)12-20(19)17-9-5-3-7-15(13)17;1-11-8-14-4-6-16-12(2)10-13(3)17-7-5-15(9-11)18(14)19(16)17/h7-16H,1-6H3;7-14H,1-6H3;7-12H,1-6H3;4-12H,1-3H3;3-12H,1-2H3;4-10H,1-3H3. The van der Waals surface area contributed by atoms with Gasteiger partial charge in [-0.2, -0.15) is 0 Å². The van der Waals surface area contributed by atoms with E-state index in [1.54, 1.807) is 0 Å². The van der Waals surface area contributed by atoms with Gasteiger partial charge in [0.2, 0.25) is 0 Å². The molecule has 0 bridgehead atoms. The molecule has 0 nitrogen and oxygen atoms in total. The highest BCUT2D eigenvalue weighted by Crippen LogP contribution is 2.60. The predicted molar refractivity (Wildman–Crippen MR) is 613 cm³/mol. The summed E-state index contributed by atoms with van der Waals surface area (Å²) in [4.78, 5) is 0. The second-order valence-electron chi connectivity index (χ2n) is 44.4. The number of hydrogen-bond donors (Lipinski definition) is 0. The third-order valence-corrected chi connectivity index (χ3v) is 33.6. The van der Waals surface area contributed by atoms with E-state index >= 15 is 0 Å². The van der Waals surface area contributed by atoms with Crippen LogP contribution in [0.1, 0.15) is 200 Å². The van der Waals surface area contributed by atoms with Gasteiger partial charge in [0.15, 0.2) is 0 Å². The van der Waals surface area contributed by atoms with Crippen molar-refractivity contribution in [2.24, 2.45) is 0 Å². The summed E-state index contributed by atoms with van der Waals surface area (Å²) in [6.07, 6.45) is 0. The Morgan fingerprint density at radius 1 is 0.136 bits per heavy atom. The average Bonchev–Trinajstić information content (AvgIpc) is 1.77. The highest BCUT2D eigenvalue weighted by atomic mass is 14.5. The van der Waals surface area contributed by atoms with Gasteiger partial charge in [0.1, 0.15) is 0 Å². The number of aryl methyl sites for hydroxylation is 18. The summed E-state index contributed by atoms with van der Waals surface area (Å²) >= 11 is 0. The molecule has 0 spiro atoms. The molecule has 4 aliphatic rings. The van der Waals surface area contributed by atoms with Crippen molar-refractivity contribution in [2.75, 3.05) is 0 Å². The summed E-state index contributed by atoms with van der Waals surface area (Å²) in [5.41, 5.74) is 47.8. The van der Waals surface area contributed by atoms with Gasteiger partial charge in [-0.3, -0.25) is 0 Å². The van der Waals surface area contributed by atoms with Gasteiger partial charge in [0.05, 0.1) is 0 Å². The van der Waals surface area contributed by atoms with Crippen LogP contribution in [0.2, 0.25) is 0 Å². The average molecular weight is 1810 g/mol. The molecule has 0 N–H and O–H groups in total. The summed E-state index contributed by atoms with van der Waals surface area (Å²) in [5, 5.41) is 35.8. The van der Waals surface area contributed by atoms with E-state index in [0.29, 0.717) is 0 Å². The van der Waals surface area contributed by atoms with E-state index < -0.39 is 0 Å². The molecule has 4 aliphatic carbocycles. The molecule has 688 valence electrons. The molecular weight excluding hydrogens is 1680 g/mol. The largest absolute Gasteiger partial charge is 0.0616 e. The van der Waals surface area contributed by atoms with Crippen molar-refractivity contribution >= 4 is 140 Å². The first-order valence-electron chi connectivity index (χ1n) is 50.7. The van der Waals surface area contributed by atoms with Gasteiger partial charge in [0, 0.05) is 21.7 Å². The minimum atomic E-state index is 0.00603. The zero-order chi connectivity index (χ0) is 98.0. The number of benzene rings is 23. The fourth-order valence-corrected chi connectivity index (χ4v) is 25.5. The molecular formula is C140H128. The summed E-state index contributed by atoms with van der Waals surface area (Å²) in [6, 6.07) is 115. The molecule has 140 heavy (non-hydrogen) atoms. The highest BCUT2D eigenvalue weighted by molar-refractivity contribution is 6.27. The van der Waals surface area contributed by atoms with E-state index in [1.165, 1.54) is 329 Å². The minimum Gasteiger partial charge on any atom is -0.0616 e. The summed E-state index contributed by atoms with van der Waals surface area (Å²) < 4.78 is 0. The molecule has 0 fully saturated rings. The Kier molecular flexibility index (Phi) is 21.5. The number of hydrogen-bond acceptors (Lipinski definition) is 0. The van der Waals surface area contributed by atoms with Gasteiger partial charge in [0.25, 0.3) is 0 Å². The lowest BCUT2D eigenvalue weighted by Crippen LogP contribution is -2.17.